The van der Waals surface area contributed by atoms with E-state index in [1.54, 1.807) is 0 Å². The van der Waals surface area contributed by atoms with Crippen molar-refractivity contribution in [2.24, 2.45) is 0 Å². The van der Waals surface area contributed by atoms with Crippen molar-refractivity contribution in [2.75, 3.05) is 19.5 Å². The molecule has 0 aliphatic carbocycles. The molecule has 1 aromatic rings. The summed E-state index contributed by atoms with van der Waals surface area (Å²) in [4.78, 5) is 18.0. The van der Waals surface area contributed by atoms with Gasteiger partial charge in [-0.05, 0) is 0 Å². The molecule has 1 aromatic heterocycles. The zero-order chi connectivity index (χ0) is 9.68. The number of anilines is 1. The Morgan fingerprint density at radius 3 is 3.08 bits per heavy atom. The van der Waals surface area contributed by atoms with Crippen molar-refractivity contribution in [2.45, 2.75) is 0 Å². The number of esters is 1. The Balaban J connectivity index is 2.50. The molecule has 0 saturated carbocycles. The standard InChI is InChI=1S/C7H9N3O3/c1-12-6(11)4-13-5-2-3-9-7(8)10-5/h2-3H,4H2,1H3,(H2,8,9,10). The molecule has 0 atom stereocenters. The Morgan fingerprint density at radius 2 is 2.46 bits per heavy atom. The summed E-state index contributed by atoms with van der Waals surface area (Å²) in [5.41, 5.74) is 5.28. The number of nitrogens with zero attached hydrogens (tertiary/aromatic N) is 2. The number of aromatic nitrogens is 2. The maximum atomic E-state index is 10.6. The number of carbonyl (C=O) groups is 1. The summed E-state index contributed by atoms with van der Waals surface area (Å²) in [7, 11) is 1.28. The van der Waals surface area contributed by atoms with E-state index in [2.05, 4.69) is 14.7 Å². The number of nitrogens with two attached hydrogens (primary N) is 1. The molecule has 6 nitrogen and oxygen atoms in total. The second kappa shape index (κ2) is 4.24. The summed E-state index contributed by atoms with van der Waals surface area (Å²) >= 11 is 0. The highest BCUT2D eigenvalue weighted by Crippen LogP contribution is 2.05. The first-order chi connectivity index (χ1) is 6.22. The van der Waals surface area contributed by atoms with E-state index in [9.17, 15) is 4.79 Å². The van der Waals surface area contributed by atoms with Gasteiger partial charge in [-0.25, -0.2) is 9.78 Å². The van der Waals surface area contributed by atoms with E-state index >= 15 is 0 Å². The molecule has 1 rings (SSSR count). The summed E-state index contributed by atoms with van der Waals surface area (Å²) in [6.07, 6.45) is 1.44. The van der Waals surface area contributed by atoms with Gasteiger partial charge in [-0.15, -0.1) is 0 Å². The fourth-order valence-electron chi connectivity index (χ4n) is 0.629. The van der Waals surface area contributed by atoms with Crippen LogP contribution in [0.15, 0.2) is 12.3 Å². The molecule has 0 fully saturated rings. The molecule has 0 aliphatic rings. The van der Waals surface area contributed by atoms with E-state index in [1.165, 1.54) is 19.4 Å². The number of carbonyl (C=O) groups excluding carboxylic acids is 1. The molecule has 0 radical (unpaired) electrons. The van der Waals surface area contributed by atoms with Gasteiger partial charge in [-0.3, -0.25) is 0 Å². The van der Waals surface area contributed by atoms with Crippen LogP contribution in [0.2, 0.25) is 0 Å². The highest BCUT2D eigenvalue weighted by Gasteiger charge is 2.02. The van der Waals surface area contributed by atoms with Gasteiger partial charge in [0.2, 0.25) is 11.8 Å². The van der Waals surface area contributed by atoms with E-state index in [0.717, 1.165) is 0 Å². The Morgan fingerprint density at radius 1 is 1.69 bits per heavy atom. The molecule has 1 heterocycles. The minimum Gasteiger partial charge on any atom is -0.466 e. The van der Waals surface area contributed by atoms with Crippen molar-refractivity contribution in [3.63, 3.8) is 0 Å². The third-order valence-electron chi connectivity index (χ3n) is 1.21. The normalized spacial score (nSPS) is 9.31. The van der Waals surface area contributed by atoms with Crippen molar-refractivity contribution in [1.29, 1.82) is 0 Å². The average molecular weight is 183 g/mol. The van der Waals surface area contributed by atoms with Crippen LogP contribution in [0.5, 0.6) is 5.88 Å². The summed E-state index contributed by atoms with van der Waals surface area (Å²) in [6, 6.07) is 1.50. The fourth-order valence-corrected chi connectivity index (χ4v) is 0.629. The average Bonchev–Trinajstić information content (AvgIpc) is 2.14. The first kappa shape index (κ1) is 9.24. The van der Waals surface area contributed by atoms with Crippen molar-refractivity contribution in [3.8, 4) is 5.88 Å². The highest BCUT2D eigenvalue weighted by atomic mass is 16.6. The number of hydrogen-bond acceptors (Lipinski definition) is 6. The number of ether oxygens (including phenoxy) is 2. The summed E-state index contributed by atoms with van der Waals surface area (Å²) < 4.78 is 9.30. The van der Waals surface area contributed by atoms with Gasteiger partial charge < -0.3 is 15.2 Å². The molecule has 0 unspecified atom stereocenters. The molecular formula is C7H9N3O3. The van der Waals surface area contributed by atoms with Crippen LogP contribution in [0.4, 0.5) is 5.95 Å². The Hall–Kier alpha value is -1.85. The minimum absolute atomic E-state index is 0.0994. The molecule has 2 N–H and O–H groups in total. The second-order valence-electron chi connectivity index (χ2n) is 2.12. The van der Waals surface area contributed by atoms with Crippen LogP contribution in [0.1, 0.15) is 0 Å². The van der Waals surface area contributed by atoms with Gasteiger partial charge in [0.1, 0.15) is 0 Å². The van der Waals surface area contributed by atoms with Crippen LogP contribution in [-0.4, -0.2) is 29.7 Å². The lowest BCUT2D eigenvalue weighted by Gasteiger charge is -2.02. The van der Waals surface area contributed by atoms with Crippen LogP contribution in [0, 0.1) is 0 Å². The quantitative estimate of drug-likeness (QED) is 0.642. The van der Waals surface area contributed by atoms with Gasteiger partial charge in [0.05, 0.1) is 7.11 Å². The van der Waals surface area contributed by atoms with E-state index in [-0.39, 0.29) is 18.4 Å². The maximum absolute atomic E-state index is 10.6. The van der Waals surface area contributed by atoms with Crippen LogP contribution < -0.4 is 10.5 Å². The lowest BCUT2D eigenvalue weighted by Crippen LogP contribution is -2.13. The minimum atomic E-state index is -0.475. The van der Waals surface area contributed by atoms with E-state index in [1.807, 2.05) is 0 Å². The third-order valence-corrected chi connectivity index (χ3v) is 1.21. The van der Waals surface area contributed by atoms with Crippen molar-refractivity contribution in [1.82, 2.24) is 9.97 Å². The van der Waals surface area contributed by atoms with E-state index < -0.39 is 5.97 Å². The molecule has 0 aromatic carbocycles. The first-order valence-corrected chi connectivity index (χ1v) is 3.50. The van der Waals surface area contributed by atoms with E-state index in [4.69, 9.17) is 10.5 Å². The summed E-state index contributed by atoms with van der Waals surface area (Å²) in [6.45, 7) is -0.188. The van der Waals surface area contributed by atoms with Crippen molar-refractivity contribution in [3.05, 3.63) is 12.3 Å². The van der Waals surface area contributed by atoms with Gasteiger partial charge in [-0.2, -0.15) is 4.98 Å². The van der Waals surface area contributed by atoms with Crippen LogP contribution in [0.25, 0.3) is 0 Å². The monoisotopic (exact) mass is 183 g/mol. The van der Waals surface area contributed by atoms with Crippen molar-refractivity contribution >= 4 is 11.9 Å². The molecular weight excluding hydrogens is 174 g/mol. The number of hydrogen-bond donors (Lipinski definition) is 1. The Bertz CT molecular complexity index is 303. The second-order valence-corrected chi connectivity index (χ2v) is 2.12. The van der Waals surface area contributed by atoms with Gasteiger partial charge in [-0.1, -0.05) is 0 Å². The Labute approximate surface area is 74.7 Å². The number of rotatable bonds is 3. The topological polar surface area (TPSA) is 87.3 Å². The Kier molecular flexibility index (Phi) is 3.02. The van der Waals surface area contributed by atoms with Gasteiger partial charge in [0.15, 0.2) is 6.61 Å². The zero-order valence-electron chi connectivity index (χ0n) is 7.06. The molecule has 0 bridgehead atoms. The third kappa shape index (κ3) is 2.94. The first-order valence-electron chi connectivity index (χ1n) is 3.50. The lowest BCUT2D eigenvalue weighted by molar-refractivity contribution is -0.143. The maximum Gasteiger partial charge on any atom is 0.343 e. The van der Waals surface area contributed by atoms with Gasteiger partial charge >= 0.3 is 5.97 Å². The van der Waals surface area contributed by atoms with Crippen LogP contribution in [-0.2, 0) is 9.53 Å². The number of methoxy groups -OCH3 is 1. The van der Waals surface area contributed by atoms with Crippen LogP contribution in [0.3, 0.4) is 0 Å². The molecule has 0 aliphatic heterocycles. The van der Waals surface area contributed by atoms with E-state index in [0.29, 0.717) is 0 Å². The van der Waals surface area contributed by atoms with Crippen molar-refractivity contribution < 1.29 is 14.3 Å². The summed E-state index contributed by atoms with van der Waals surface area (Å²) in [5, 5.41) is 0. The SMILES string of the molecule is COC(=O)COc1ccnc(N)n1. The largest absolute Gasteiger partial charge is 0.466 e. The fraction of sp³-hybridized carbons (Fsp3) is 0.286. The molecule has 6 heteroatoms. The molecule has 0 saturated heterocycles. The molecule has 0 amide bonds. The van der Waals surface area contributed by atoms with Gasteiger partial charge in [0, 0.05) is 12.3 Å². The number of nitrogen functional groups attached to an aromatic ring is 1. The van der Waals surface area contributed by atoms with Gasteiger partial charge in [0.25, 0.3) is 0 Å². The van der Waals surface area contributed by atoms with Crippen LogP contribution >= 0.6 is 0 Å². The predicted molar refractivity (Wildman–Crippen MR) is 44.0 cm³/mol. The molecule has 0 spiro atoms. The highest BCUT2D eigenvalue weighted by molar-refractivity contribution is 5.70. The lowest BCUT2D eigenvalue weighted by atomic mass is 10.6. The molecule has 13 heavy (non-hydrogen) atoms. The predicted octanol–water partition coefficient (Wildman–Crippen LogP) is -0.389. The zero-order valence-corrected chi connectivity index (χ0v) is 7.06. The molecule has 70 valence electrons. The smallest absolute Gasteiger partial charge is 0.343 e. The summed E-state index contributed by atoms with van der Waals surface area (Å²) in [5.74, 6) is -0.127.